The number of hydrogen-bond donors (Lipinski definition) is 2. The molecule has 0 aliphatic rings. The third kappa shape index (κ3) is 94.1. The van der Waals surface area contributed by atoms with Gasteiger partial charge in [0.05, 0.1) is 0 Å². The Bertz CT molecular complexity index is 61.1. The van der Waals surface area contributed by atoms with Crippen molar-refractivity contribution in [2.45, 2.75) is 0 Å². The summed E-state index contributed by atoms with van der Waals surface area (Å²) >= 11 is 0. The maximum absolute atomic E-state index is 10.4. The van der Waals surface area contributed by atoms with Crippen LogP contribution in [-0.4, -0.2) is 39.3 Å². The van der Waals surface area contributed by atoms with Gasteiger partial charge in [0.15, 0.2) is 0 Å². The molecule has 7 heteroatoms. The molecule has 0 amide bonds. The van der Waals surface area contributed by atoms with Gasteiger partial charge in [-0.1, -0.05) is 0 Å². The van der Waals surface area contributed by atoms with E-state index in [1.54, 1.807) is 0 Å². The van der Waals surface area contributed by atoms with Crippen molar-refractivity contribution in [3.05, 3.63) is 0 Å². The van der Waals surface area contributed by atoms with E-state index in [0.29, 0.717) is 0 Å². The first-order chi connectivity index (χ1) is 2.00. The van der Waals surface area contributed by atoms with Gasteiger partial charge in [-0.2, -0.15) is 0 Å². The average molecular weight is 183 g/mol. The maximum atomic E-state index is 10.4. The monoisotopic (exact) mass is 183 g/mol. The van der Waals surface area contributed by atoms with E-state index in [9.17, 15) is 4.20 Å². The van der Waals surface area contributed by atoms with Crippen molar-refractivity contribution in [2.24, 2.45) is 0 Å². The molecule has 0 unspecified atom stereocenters. The third-order valence-electron chi connectivity index (χ3n) is 0. The van der Waals surface area contributed by atoms with Gasteiger partial charge >= 0.3 is 37.5 Å². The Morgan fingerprint density at radius 2 is 1.43 bits per heavy atom. The second-order valence-electron chi connectivity index (χ2n) is 0.473. The van der Waals surface area contributed by atoms with E-state index in [-0.39, 0.29) is 46.3 Å². The summed E-state index contributed by atoms with van der Waals surface area (Å²) in [6.07, 6.45) is 0. The van der Waals surface area contributed by atoms with E-state index in [1.165, 1.54) is 0 Å². The van der Waals surface area contributed by atoms with Crippen LogP contribution in [-0.2, 0) is 21.3 Å². The molecule has 0 aromatic rings. The molecule has 0 fully saturated rings. The molecule has 1 radical (unpaired) electrons. The molecule has 0 aromatic heterocycles. The van der Waals surface area contributed by atoms with Gasteiger partial charge < -0.3 is 0 Å². The van der Waals surface area contributed by atoms with Crippen molar-refractivity contribution in [3.63, 3.8) is 0 Å². The molecule has 0 rings (SSSR count). The van der Waals surface area contributed by atoms with Crippen molar-refractivity contribution >= 4 is 37.5 Å². The molecular weight excluding hydrogens is 180 g/mol. The molecule has 0 aromatic carbocycles. The predicted molar refractivity (Wildman–Crippen MR) is 20.3 cm³/mol. The van der Waals surface area contributed by atoms with Crippen LogP contribution in [0.15, 0.2) is 0 Å². The fraction of sp³-hybridized carbons (Fsp3) is 0. The van der Waals surface area contributed by atoms with Crippen LogP contribution < -0.4 is 0 Å². The summed E-state index contributed by atoms with van der Waals surface area (Å²) in [5, 5.41) is 0. The second-order valence-corrected chi connectivity index (χ2v) is 1.42. The molecular formula is H3CoFNaO3P. The van der Waals surface area contributed by atoms with Crippen molar-refractivity contribution in [3.8, 4) is 0 Å². The minimum absolute atomic E-state index is 0. The molecule has 43 valence electrons. The number of rotatable bonds is 0. The first kappa shape index (κ1) is 15.8. The van der Waals surface area contributed by atoms with Crippen LogP contribution in [0.2, 0.25) is 0 Å². The second kappa shape index (κ2) is 5.72. The molecule has 0 saturated heterocycles. The average Bonchev–Trinajstić information content (AvgIpc) is 0.722. The first-order valence-corrected chi connectivity index (χ1v) is 2.25. The van der Waals surface area contributed by atoms with Gasteiger partial charge in [0, 0.05) is 16.8 Å². The van der Waals surface area contributed by atoms with E-state index in [0.717, 1.165) is 0 Å². The van der Waals surface area contributed by atoms with Crippen LogP contribution in [0.3, 0.4) is 0 Å². The molecule has 2 N–H and O–H groups in total. The van der Waals surface area contributed by atoms with Gasteiger partial charge in [-0.15, -0.1) is 4.20 Å². The van der Waals surface area contributed by atoms with Gasteiger partial charge in [0.1, 0.15) is 0 Å². The van der Waals surface area contributed by atoms with Crippen molar-refractivity contribution < 1.29 is 35.3 Å². The summed E-state index contributed by atoms with van der Waals surface area (Å²) in [6, 6.07) is 0. The van der Waals surface area contributed by atoms with Crippen LogP contribution in [0.1, 0.15) is 0 Å². The van der Waals surface area contributed by atoms with Crippen LogP contribution in [0.25, 0.3) is 0 Å². The molecule has 0 spiro atoms. The summed E-state index contributed by atoms with van der Waals surface area (Å²) < 4.78 is 19.0. The van der Waals surface area contributed by atoms with Crippen molar-refractivity contribution in [1.29, 1.82) is 0 Å². The molecule has 0 aliphatic carbocycles. The van der Waals surface area contributed by atoms with Crippen LogP contribution >= 0.6 is 7.91 Å². The normalized spacial score (nSPS) is 8.43. The molecule has 0 saturated carbocycles. The Morgan fingerprint density at radius 3 is 1.43 bits per heavy atom. The van der Waals surface area contributed by atoms with Crippen molar-refractivity contribution in [2.75, 3.05) is 0 Å². The molecule has 7 heavy (non-hydrogen) atoms. The Hall–Kier alpha value is 1.59. The Morgan fingerprint density at radius 1 is 1.43 bits per heavy atom. The first-order valence-electron chi connectivity index (χ1n) is 0.752. The minimum atomic E-state index is -5.14. The zero-order valence-corrected chi connectivity index (χ0v) is 4.40. The zero-order chi connectivity index (χ0) is 4.50. The Labute approximate surface area is 72.4 Å². The molecule has 0 bridgehead atoms. The Kier molecular flexibility index (Phi) is 12.9. The van der Waals surface area contributed by atoms with Gasteiger partial charge in [-0.05, 0) is 0 Å². The molecule has 0 aliphatic heterocycles. The van der Waals surface area contributed by atoms with Crippen LogP contribution in [0.4, 0.5) is 4.20 Å². The zero-order valence-electron chi connectivity index (χ0n) is 2.46. The molecule has 0 atom stereocenters. The van der Waals surface area contributed by atoms with Crippen molar-refractivity contribution in [1.82, 2.24) is 0 Å². The summed E-state index contributed by atoms with van der Waals surface area (Å²) in [5.41, 5.74) is 0. The standard InChI is InChI=1S/Co.FH2O3P.Na.H/c;1-5(2,3)4;;/h;(H2,2,3,4);;. The molecule has 3 nitrogen and oxygen atoms in total. The summed E-state index contributed by atoms with van der Waals surface area (Å²) in [5.74, 6) is 0. The molecule has 0 heterocycles. The van der Waals surface area contributed by atoms with E-state index in [2.05, 4.69) is 0 Å². The van der Waals surface area contributed by atoms with Gasteiger partial charge in [0.2, 0.25) is 0 Å². The summed E-state index contributed by atoms with van der Waals surface area (Å²) in [6.45, 7) is 0. The Balaban J connectivity index is -0.0000000800. The number of halogens is 1. The van der Waals surface area contributed by atoms with E-state index >= 15 is 0 Å². The van der Waals surface area contributed by atoms with Gasteiger partial charge in [0.25, 0.3) is 0 Å². The van der Waals surface area contributed by atoms with E-state index in [1.807, 2.05) is 0 Å². The summed E-state index contributed by atoms with van der Waals surface area (Å²) in [4.78, 5) is 13.9. The summed E-state index contributed by atoms with van der Waals surface area (Å²) in [7, 11) is -5.14. The fourth-order valence-corrected chi connectivity index (χ4v) is 0. The van der Waals surface area contributed by atoms with E-state index in [4.69, 9.17) is 14.4 Å². The van der Waals surface area contributed by atoms with Crippen LogP contribution in [0.5, 0.6) is 0 Å². The number of hydrogen-bond acceptors (Lipinski definition) is 1. The van der Waals surface area contributed by atoms with Gasteiger partial charge in [-0.25, -0.2) is 4.57 Å². The SMILES string of the molecule is O=P(O)(O)F.[Co].[NaH]. The predicted octanol–water partition coefficient (Wildman–Crippen LogP) is -0.602. The third-order valence-corrected chi connectivity index (χ3v) is 0. The van der Waals surface area contributed by atoms with Gasteiger partial charge in [-0.3, -0.25) is 9.79 Å². The van der Waals surface area contributed by atoms with E-state index < -0.39 is 7.91 Å². The topological polar surface area (TPSA) is 57.5 Å². The quantitative estimate of drug-likeness (QED) is 0.389. The fourth-order valence-electron chi connectivity index (χ4n) is 0. The van der Waals surface area contributed by atoms with Crippen LogP contribution in [0, 0.1) is 0 Å².